The highest BCUT2D eigenvalue weighted by atomic mass is 16.5. The summed E-state index contributed by atoms with van der Waals surface area (Å²) in [7, 11) is 0. The molecule has 3 N–H and O–H groups in total. The maximum atomic E-state index is 13.6. The van der Waals surface area contributed by atoms with E-state index in [4.69, 9.17) is 14.9 Å². The fourth-order valence-electron chi connectivity index (χ4n) is 3.63. The molecule has 9 heteroatoms. The number of benzene rings is 2. The second-order valence-electron chi connectivity index (χ2n) is 7.91. The van der Waals surface area contributed by atoms with E-state index in [-0.39, 0.29) is 18.1 Å². The number of amides is 1. The quantitative estimate of drug-likeness (QED) is 0.376. The molecular formula is C26H26N4O5. The van der Waals surface area contributed by atoms with Gasteiger partial charge in [-0.3, -0.25) is 24.0 Å². The fraction of sp³-hybridized carbons (Fsp3) is 0.192. The van der Waals surface area contributed by atoms with Gasteiger partial charge in [0, 0.05) is 12.1 Å². The molecule has 4 rings (SSSR count). The van der Waals surface area contributed by atoms with Crippen molar-refractivity contribution in [3.05, 3.63) is 105 Å². The van der Waals surface area contributed by atoms with Crippen LogP contribution in [0.3, 0.4) is 0 Å². The molecule has 2 aromatic heterocycles. The maximum absolute atomic E-state index is 13.6. The van der Waals surface area contributed by atoms with Gasteiger partial charge in [0.2, 0.25) is 0 Å². The molecule has 4 aromatic rings. The van der Waals surface area contributed by atoms with Crippen LogP contribution in [0.5, 0.6) is 11.5 Å². The van der Waals surface area contributed by atoms with Crippen molar-refractivity contribution in [2.24, 2.45) is 0 Å². The Labute approximate surface area is 201 Å². The third-order valence-electron chi connectivity index (χ3n) is 5.44. The number of furan rings is 1. The third kappa shape index (κ3) is 5.35. The number of carbonyl (C=O) groups excluding carboxylic acids is 1. The number of nitrogens with zero attached hydrogens (tertiary/aromatic N) is 2. The second-order valence-corrected chi connectivity index (χ2v) is 7.91. The van der Waals surface area contributed by atoms with Gasteiger partial charge in [-0.2, -0.15) is 0 Å². The lowest BCUT2D eigenvalue weighted by molar-refractivity contribution is 0.0983. The zero-order valence-electron chi connectivity index (χ0n) is 19.3. The summed E-state index contributed by atoms with van der Waals surface area (Å²) in [6.07, 6.45) is 2.99. The molecule has 1 amide bonds. The Bertz CT molecular complexity index is 1390. The molecular weight excluding hydrogens is 448 g/mol. The lowest BCUT2D eigenvalue weighted by Gasteiger charge is -2.24. The van der Waals surface area contributed by atoms with Crippen molar-refractivity contribution in [2.75, 3.05) is 10.6 Å². The van der Waals surface area contributed by atoms with Crippen molar-refractivity contribution in [3.63, 3.8) is 0 Å². The lowest BCUT2D eigenvalue weighted by atomic mass is 10.1. The highest BCUT2D eigenvalue weighted by Crippen LogP contribution is 2.25. The van der Waals surface area contributed by atoms with Gasteiger partial charge >= 0.3 is 5.69 Å². The van der Waals surface area contributed by atoms with Crippen molar-refractivity contribution in [2.45, 2.75) is 32.9 Å². The molecule has 0 radical (unpaired) electrons. The molecule has 35 heavy (non-hydrogen) atoms. The van der Waals surface area contributed by atoms with Crippen LogP contribution in [0.4, 0.5) is 11.5 Å². The second kappa shape index (κ2) is 10.6. The summed E-state index contributed by atoms with van der Waals surface area (Å²) in [5.41, 5.74) is 5.12. The number of para-hydroxylation sites is 1. The Morgan fingerprint density at radius 3 is 2.40 bits per heavy atom. The highest BCUT2D eigenvalue weighted by Gasteiger charge is 2.26. The fourth-order valence-corrected chi connectivity index (χ4v) is 3.63. The zero-order chi connectivity index (χ0) is 24.8. The monoisotopic (exact) mass is 474 g/mol. The number of rotatable bonds is 9. The van der Waals surface area contributed by atoms with Gasteiger partial charge in [-0.05, 0) is 55.0 Å². The summed E-state index contributed by atoms with van der Waals surface area (Å²) >= 11 is 0. The SMILES string of the molecule is CCCCn1c(N)c(N(Cc2ccco2)C(=O)c2ccc(Oc3ccccc3)cc2)c(=O)[nH]c1=O. The molecule has 9 nitrogen and oxygen atoms in total. The average molecular weight is 475 g/mol. The van der Waals surface area contributed by atoms with Crippen molar-refractivity contribution >= 4 is 17.4 Å². The standard InChI is InChI=1S/C26H26N4O5/c1-2-3-15-29-23(27)22(24(31)28-26(29)33)30(17-21-10-7-16-34-21)25(32)18-11-13-20(14-12-18)35-19-8-5-4-6-9-19/h4-14,16H,2-3,15,17,27H2,1H3,(H,28,31,33). The minimum absolute atomic E-state index is 0.0483. The summed E-state index contributed by atoms with van der Waals surface area (Å²) in [6.45, 7) is 2.25. The number of nitrogens with two attached hydrogens (primary N) is 1. The molecule has 0 aliphatic carbocycles. The molecule has 0 fully saturated rings. The summed E-state index contributed by atoms with van der Waals surface area (Å²) in [4.78, 5) is 42.3. The van der Waals surface area contributed by atoms with Gasteiger partial charge < -0.3 is 14.9 Å². The summed E-state index contributed by atoms with van der Waals surface area (Å²) < 4.78 is 12.5. The minimum Gasteiger partial charge on any atom is -0.467 e. The summed E-state index contributed by atoms with van der Waals surface area (Å²) in [5.74, 6) is 1.12. The van der Waals surface area contributed by atoms with Gasteiger partial charge in [-0.15, -0.1) is 0 Å². The Balaban J connectivity index is 1.70. The predicted octanol–water partition coefficient (Wildman–Crippen LogP) is 4.15. The number of hydrogen-bond acceptors (Lipinski definition) is 6. The molecule has 0 atom stereocenters. The van der Waals surface area contributed by atoms with Gasteiger partial charge in [-0.1, -0.05) is 31.5 Å². The number of unbranched alkanes of at least 4 members (excludes halogenated alkanes) is 1. The predicted molar refractivity (Wildman–Crippen MR) is 133 cm³/mol. The Morgan fingerprint density at radius 2 is 1.74 bits per heavy atom. The van der Waals surface area contributed by atoms with Crippen molar-refractivity contribution in [1.82, 2.24) is 9.55 Å². The van der Waals surface area contributed by atoms with Crippen molar-refractivity contribution in [3.8, 4) is 11.5 Å². The van der Waals surface area contributed by atoms with Crippen LogP contribution in [0.1, 0.15) is 35.9 Å². The number of ether oxygens (including phenoxy) is 1. The number of aromatic nitrogens is 2. The molecule has 0 bridgehead atoms. The minimum atomic E-state index is -0.746. The van der Waals surface area contributed by atoms with E-state index in [2.05, 4.69) is 4.98 Å². The normalized spacial score (nSPS) is 10.8. The average Bonchev–Trinajstić information content (AvgIpc) is 3.37. The number of aromatic amines is 1. The number of anilines is 2. The Hall–Kier alpha value is -4.53. The van der Waals surface area contributed by atoms with Gasteiger partial charge in [0.05, 0.1) is 12.8 Å². The number of H-pyrrole nitrogens is 1. The number of nitrogen functional groups attached to an aromatic ring is 1. The summed E-state index contributed by atoms with van der Waals surface area (Å²) in [5, 5.41) is 0. The van der Waals surface area contributed by atoms with E-state index >= 15 is 0 Å². The smallest absolute Gasteiger partial charge is 0.330 e. The van der Waals surface area contributed by atoms with E-state index in [1.165, 1.54) is 15.7 Å². The molecule has 0 aliphatic rings. The van der Waals surface area contributed by atoms with E-state index in [1.807, 2.05) is 37.3 Å². The third-order valence-corrected chi connectivity index (χ3v) is 5.44. The molecule has 0 spiro atoms. The van der Waals surface area contributed by atoms with E-state index in [1.54, 1.807) is 36.4 Å². The van der Waals surface area contributed by atoms with Gasteiger partial charge in [0.1, 0.15) is 23.1 Å². The van der Waals surface area contributed by atoms with E-state index in [0.717, 1.165) is 6.42 Å². The van der Waals surface area contributed by atoms with E-state index < -0.39 is 17.2 Å². The van der Waals surface area contributed by atoms with Gasteiger partial charge in [0.15, 0.2) is 5.69 Å². The topological polar surface area (TPSA) is 124 Å². The number of carbonyl (C=O) groups is 1. The van der Waals surface area contributed by atoms with Gasteiger partial charge in [-0.25, -0.2) is 4.79 Å². The lowest BCUT2D eigenvalue weighted by Crippen LogP contribution is -2.41. The zero-order valence-corrected chi connectivity index (χ0v) is 19.3. The number of nitrogens with one attached hydrogen (secondary N) is 1. The maximum Gasteiger partial charge on any atom is 0.330 e. The first-order valence-corrected chi connectivity index (χ1v) is 11.3. The molecule has 2 heterocycles. The first-order chi connectivity index (χ1) is 17.0. The van der Waals surface area contributed by atoms with Crippen LogP contribution in [0.25, 0.3) is 0 Å². The molecule has 0 saturated carbocycles. The molecule has 2 aromatic carbocycles. The largest absolute Gasteiger partial charge is 0.467 e. The van der Waals surface area contributed by atoms with Crippen LogP contribution < -0.4 is 26.6 Å². The molecule has 180 valence electrons. The van der Waals surface area contributed by atoms with Crippen molar-refractivity contribution in [1.29, 1.82) is 0 Å². The first kappa shape index (κ1) is 23.6. The molecule has 0 aliphatic heterocycles. The van der Waals surface area contributed by atoms with E-state index in [0.29, 0.717) is 35.8 Å². The van der Waals surface area contributed by atoms with E-state index in [9.17, 15) is 14.4 Å². The van der Waals surface area contributed by atoms with Crippen LogP contribution in [0.2, 0.25) is 0 Å². The van der Waals surface area contributed by atoms with Crippen LogP contribution in [0.15, 0.2) is 87.0 Å². The van der Waals surface area contributed by atoms with Gasteiger partial charge in [0.25, 0.3) is 11.5 Å². The van der Waals surface area contributed by atoms with Crippen LogP contribution in [-0.2, 0) is 13.1 Å². The summed E-state index contributed by atoms with van der Waals surface area (Å²) in [6, 6.07) is 19.2. The van der Waals surface area contributed by atoms with Crippen LogP contribution in [0, 0.1) is 0 Å². The first-order valence-electron chi connectivity index (χ1n) is 11.3. The van der Waals surface area contributed by atoms with Crippen LogP contribution >= 0.6 is 0 Å². The van der Waals surface area contributed by atoms with Crippen molar-refractivity contribution < 1.29 is 13.9 Å². The Kier molecular flexibility index (Phi) is 7.15. The highest BCUT2D eigenvalue weighted by molar-refractivity contribution is 6.07. The number of hydrogen-bond donors (Lipinski definition) is 2. The Morgan fingerprint density at radius 1 is 1.03 bits per heavy atom. The van der Waals surface area contributed by atoms with Crippen LogP contribution in [-0.4, -0.2) is 15.5 Å². The molecule has 0 saturated heterocycles. The molecule has 0 unspecified atom stereocenters.